The van der Waals surface area contributed by atoms with Crippen LogP contribution in [0.3, 0.4) is 0 Å². The van der Waals surface area contributed by atoms with Crippen LogP contribution >= 0.6 is 0 Å². The van der Waals surface area contributed by atoms with E-state index in [9.17, 15) is 8.78 Å². The predicted octanol–water partition coefficient (Wildman–Crippen LogP) is 4.58. The summed E-state index contributed by atoms with van der Waals surface area (Å²) in [4.78, 5) is 0. The monoisotopic (exact) mass is 361 g/mol. The average Bonchev–Trinajstić information content (AvgIpc) is 3.02. The van der Waals surface area contributed by atoms with Crippen molar-refractivity contribution in [1.29, 1.82) is 0 Å². The molecule has 0 amide bonds. The summed E-state index contributed by atoms with van der Waals surface area (Å²) in [5.41, 5.74) is 2.93. The minimum absolute atomic E-state index is 0.0604. The van der Waals surface area contributed by atoms with Crippen molar-refractivity contribution in [1.82, 2.24) is 5.32 Å². The molecule has 0 saturated carbocycles. The Morgan fingerprint density at radius 1 is 1.08 bits per heavy atom. The van der Waals surface area contributed by atoms with Gasteiger partial charge in [0.05, 0.1) is 14.2 Å². The second kappa shape index (κ2) is 8.04. The SMILES string of the molecule is CCC(Cc1ccc(OC)c(OC)c1)NC1CCc2cc(F)c(F)cc21. The molecule has 0 aliphatic heterocycles. The van der Waals surface area contributed by atoms with E-state index in [0.717, 1.165) is 42.4 Å². The van der Waals surface area contributed by atoms with Crippen LogP contribution in [0, 0.1) is 11.6 Å². The number of benzene rings is 2. The highest BCUT2D eigenvalue weighted by Gasteiger charge is 2.26. The summed E-state index contributed by atoms with van der Waals surface area (Å²) in [5.74, 6) is -0.116. The second-order valence-corrected chi connectivity index (χ2v) is 6.72. The zero-order chi connectivity index (χ0) is 18.7. The fourth-order valence-electron chi connectivity index (χ4n) is 3.67. The number of methoxy groups -OCH3 is 2. The molecule has 26 heavy (non-hydrogen) atoms. The molecule has 0 bridgehead atoms. The molecular weight excluding hydrogens is 336 g/mol. The maximum absolute atomic E-state index is 13.6. The van der Waals surface area contributed by atoms with Gasteiger partial charge in [-0.1, -0.05) is 13.0 Å². The molecule has 3 nitrogen and oxygen atoms in total. The van der Waals surface area contributed by atoms with Gasteiger partial charge in [0, 0.05) is 12.1 Å². The van der Waals surface area contributed by atoms with E-state index in [1.165, 1.54) is 12.1 Å². The highest BCUT2D eigenvalue weighted by molar-refractivity contribution is 5.43. The summed E-state index contributed by atoms with van der Waals surface area (Å²) < 4.78 is 37.7. The Bertz CT molecular complexity index is 779. The van der Waals surface area contributed by atoms with Crippen molar-refractivity contribution in [2.24, 2.45) is 0 Å². The van der Waals surface area contributed by atoms with E-state index < -0.39 is 11.6 Å². The van der Waals surface area contributed by atoms with E-state index in [0.29, 0.717) is 11.5 Å². The van der Waals surface area contributed by atoms with Gasteiger partial charge in [-0.2, -0.15) is 0 Å². The van der Waals surface area contributed by atoms with Crippen LogP contribution in [0.15, 0.2) is 30.3 Å². The van der Waals surface area contributed by atoms with Gasteiger partial charge in [0.25, 0.3) is 0 Å². The van der Waals surface area contributed by atoms with Crippen molar-refractivity contribution in [2.75, 3.05) is 14.2 Å². The lowest BCUT2D eigenvalue weighted by Crippen LogP contribution is -2.33. The summed E-state index contributed by atoms with van der Waals surface area (Å²) in [6.45, 7) is 2.12. The first-order valence-electron chi connectivity index (χ1n) is 9.00. The summed E-state index contributed by atoms with van der Waals surface area (Å²) in [6.07, 6.45) is 3.40. The molecule has 1 aliphatic carbocycles. The molecule has 1 aliphatic rings. The van der Waals surface area contributed by atoms with Gasteiger partial charge in [-0.05, 0) is 66.6 Å². The quantitative estimate of drug-likeness (QED) is 0.783. The Balaban J connectivity index is 1.73. The van der Waals surface area contributed by atoms with Crippen molar-refractivity contribution in [3.63, 3.8) is 0 Å². The molecule has 0 heterocycles. The van der Waals surface area contributed by atoms with Crippen LogP contribution < -0.4 is 14.8 Å². The molecular formula is C21H25F2NO2. The van der Waals surface area contributed by atoms with Crippen LogP contribution in [0.2, 0.25) is 0 Å². The van der Waals surface area contributed by atoms with Crippen molar-refractivity contribution < 1.29 is 18.3 Å². The van der Waals surface area contributed by atoms with E-state index in [-0.39, 0.29) is 12.1 Å². The predicted molar refractivity (Wildman–Crippen MR) is 97.9 cm³/mol. The van der Waals surface area contributed by atoms with Gasteiger partial charge < -0.3 is 14.8 Å². The Labute approximate surface area is 153 Å². The Hall–Kier alpha value is -2.14. The third-order valence-electron chi connectivity index (χ3n) is 5.12. The van der Waals surface area contributed by atoms with Gasteiger partial charge in [0.15, 0.2) is 23.1 Å². The molecule has 2 aromatic carbocycles. The van der Waals surface area contributed by atoms with Gasteiger partial charge in [-0.15, -0.1) is 0 Å². The fraction of sp³-hybridized carbons (Fsp3) is 0.429. The lowest BCUT2D eigenvalue weighted by atomic mass is 10.0. The molecule has 2 unspecified atom stereocenters. The van der Waals surface area contributed by atoms with Crippen molar-refractivity contribution in [3.8, 4) is 11.5 Å². The Morgan fingerprint density at radius 2 is 1.81 bits per heavy atom. The zero-order valence-electron chi connectivity index (χ0n) is 15.4. The molecule has 2 aromatic rings. The van der Waals surface area contributed by atoms with Crippen LogP contribution in [0.5, 0.6) is 11.5 Å². The topological polar surface area (TPSA) is 30.5 Å². The molecule has 0 fully saturated rings. The van der Waals surface area contributed by atoms with Crippen LogP contribution in [-0.2, 0) is 12.8 Å². The lowest BCUT2D eigenvalue weighted by Gasteiger charge is -2.23. The molecule has 3 rings (SSSR count). The minimum Gasteiger partial charge on any atom is -0.493 e. The number of ether oxygens (including phenoxy) is 2. The molecule has 2 atom stereocenters. The normalized spacial score (nSPS) is 17.0. The maximum Gasteiger partial charge on any atom is 0.160 e. The van der Waals surface area contributed by atoms with Gasteiger partial charge in [0.1, 0.15) is 0 Å². The van der Waals surface area contributed by atoms with Gasteiger partial charge in [-0.25, -0.2) is 8.78 Å². The van der Waals surface area contributed by atoms with E-state index in [1.54, 1.807) is 14.2 Å². The molecule has 0 radical (unpaired) electrons. The van der Waals surface area contributed by atoms with E-state index >= 15 is 0 Å². The average molecular weight is 361 g/mol. The first-order valence-corrected chi connectivity index (χ1v) is 9.00. The van der Waals surface area contributed by atoms with Crippen LogP contribution in [-0.4, -0.2) is 20.3 Å². The number of aryl methyl sites for hydroxylation is 1. The van der Waals surface area contributed by atoms with Crippen LogP contribution in [0.4, 0.5) is 8.78 Å². The third kappa shape index (κ3) is 3.83. The van der Waals surface area contributed by atoms with Gasteiger partial charge in [0.2, 0.25) is 0 Å². The molecule has 0 saturated heterocycles. The smallest absolute Gasteiger partial charge is 0.160 e. The third-order valence-corrected chi connectivity index (χ3v) is 5.12. The first kappa shape index (κ1) is 18.6. The molecule has 0 spiro atoms. The fourth-order valence-corrected chi connectivity index (χ4v) is 3.67. The zero-order valence-corrected chi connectivity index (χ0v) is 15.4. The number of nitrogens with one attached hydrogen (secondary N) is 1. The largest absolute Gasteiger partial charge is 0.493 e. The molecule has 140 valence electrons. The van der Waals surface area contributed by atoms with E-state index in [1.807, 2.05) is 18.2 Å². The summed E-state index contributed by atoms with van der Waals surface area (Å²) in [5, 5.41) is 3.62. The number of fused-ring (bicyclic) bond motifs is 1. The molecule has 5 heteroatoms. The van der Waals surface area contributed by atoms with E-state index in [4.69, 9.17) is 9.47 Å². The molecule has 0 aromatic heterocycles. The maximum atomic E-state index is 13.6. The highest BCUT2D eigenvalue weighted by Crippen LogP contribution is 2.34. The molecule has 1 N–H and O–H groups in total. The van der Waals surface area contributed by atoms with Crippen molar-refractivity contribution in [2.45, 2.75) is 44.7 Å². The van der Waals surface area contributed by atoms with E-state index in [2.05, 4.69) is 12.2 Å². The number of rotatable bonds is 7. The Morgan fingerprint density at radius 3 is 2.50 bits per heavy atom. The first-order chi connectivity index (χ1) is 12.5. The Kier molecular flexibility index (Phi) is 5.77. The minimum atomic E-state index is -0.773. The summed E-state index contributed by atoms with van der Waals surface area (Å²) in [6, 6.07) is 8.90. The second-order valence-electron chi connectivity index (χ2n) is 6.72. The number of halogens is 2. The van der Waals surface area contributed by atoms with Crippen molar-refractivity contribution >= 4 is 0 Å². The highest BCUT2D eigenvalue weighted by atomic mass is 19.2. The summed E-state index contributed by atoms with van der Waals surface area (Å²) in [7, 11) is 3.24. The standard InChI is InChI=1S/C21H25F2NO2/c1-4-15(9-13-5-8-20(25-2)21(10-13)26-3)24-19-7-6-14-11-17(22)18(23)12-16(14)19/h5,8,10-12,15,19,24H,4,6-7,9H2,1-3H3. The van der Waals surface area contributed by atoms with Crippen LogP contribution in [0.25, 0.3) is 0 Å². The van der Waals surface area contributed by atoms with Gasteiger partial charge >= 0.3 is 0 Å². The van der Waals surface area contributed by atoms with Crippen LogP contribution in [0.1, 0.15) is 42.5 Å². The van der Waals surface area contributed by atoms with Gasteiger partial charge in [-0.3, -0.25) is 0 Å². The number of hydrogen-bond acceptors (Lipinski definition) is 3. The summed E-state index contributed by atoms with van der Waals surface area (Å²) >= 11 is 0. The lowest BCUT2D eigenvalue weighted by molar-refractivity contribution is 0.354. The van der Waals surface area contributed by atoms with Crippen molar-refractivity contribution in [3.05, 3.63) is 58.7 Å². The number of hydrogen-bond donors (Lipinski definition) is 1.